The van der Waals surface area contributed by atoms with Crippen LogP contribution < -0.4 is 0 Å². The highest BCUT2D eigenvalue weighted by Crippen LogP contribution is 2.28. The van der Waals surface area contributed by atoms with E-state index in [1.165, 1.54) is 10.9 Å². The molecule has 0 radical (unpaired) electrons. The third-order valence-electron chi connectivity index (χ3n) is 2.92. The summed E-state index contributed by atoms with van der Waals surface area (Å²) in [7, 11) is 0. The standard InChI is InChI=1S/C12H11NO.C2H6/c14-11-7-3-5-9-8-4-1-2-6-10(8)13-12(9)11;1-2/h1-2,4,6,13H,3,5,7H2;1-2H3. The molecule has 16 heavy (non-hydrogen) atoms. The van der Waals surface area contributed by atoms with E-state index in [9.17, 15) is 4.79 Å². The van der Waals surface area contributed by atoms with Gasteiger partial charge in [0.15, 0.2) is 5.78 Å². The number of para-hydroxylation sites is 1. The Morgan fingerprint density at radius 1 is 1.12 bits per heavy atom. The second-order valence-electron chi connectivity index (χ2n) is 3.80. The van der Waals surface area contributed by atoms with Gasteiger partial charge in [-0.05, 0) is 24.5 Å². The van der Waals surface area contributed by atoms with Gasteiger partial charge in [0.05, 0.1) is 5.69 Å². The molecule has 1 aliphatic rings. The summed E-state index contributed by atoms with van der Waals surface area (Å²) in [6.45, 7) is 4.00. The number of nitrogens with one attached hydrogen (secondary N) is 1. The van der Waals surface area contributed by atoms with Gasteiger partial charge in [0.25, 0.3) is 0 Å². The highest BCUT2D eigenvalue weighted by Gasteiger charge is 2.20. The van der Waals surface area contributed by atoms with Crippen molar-refractivity contribution in [3.63, 3.8) is 0 Å². The summed E-state index contributed by atoms with van der Waals surface area (Å²) < 4.78 is 0. The van der Waals surface area contributed by atoms with Crippen LogP contribution in [0, 0.1) is 0 Å². The van der Waals surface area contributed by atoms with Gasteiger partial charge in [-0.2, -0.15) is 0 Å². The molecule has 0 saturated heterocycles. The van der Waals surface area contributed by atoms with E-state index in [-0.39, 0.29) is 5.78 Å². The number of hydrogen-bond donors (Lipinski definition) is 1. The third kappa shape index (κ3) is 1.64. The van der Waals surface area contributed by atoms with Crippen LogP contribution in [0.5, 0.6) is 0 Å². The van der Waals surface area contributed by atoms with Crippen molar-refractivity contribution in [1.29, 1.82) is 0 Å². The Labute approximate surface area is 95.7 Å². The van der Waals surface area contributed by atoms with E-state index in [1.807, 2.05) is 32.0 Å². The van der Waals surface area contributed by atoms with Gasteiger partial charge in [-0.3, -0.25) is 4.79 Å². The highest BCUT2D eigenvalue weighted by molar-refractivity contribution is 6.03. The molecule has 0 unspecified atom stereocenters. The van der Waals surface area contributed by atoms with E-state index < -0.39 is 0 Å². The fraction of sp³-hybridized carbons (Fsp3) is 0.357. The summed E-state index contributed by atoms with van der Waals surface area (Å²) in [5.74, 6) is 0.266. The van der Waals surface area contributed by atoms with Crippen LogP contribution in [-0.4, -0.2) is 10.8 Å². The number of H-pyrrole nitrogens is 1. The van der Waals surface area contributed by atoms with Crippen molar-refractivity contribution in [2.45, 2.75) is 33.1 Å². The molecule has 3 rings (SSSR count). The third-order valence-corrected chi connectivity index (χ3v) is 2.92. The van der Waals surface area contributed by atoms with Gasteiger partial charge in [-0.15, -0.1) is 0 Å². The molecular formula is C14H17NO. The summed E-state index contributed by atoms with van der Waals surface area (Å²) in [6.07, 6.45) is 2.72. The molecule has 0 fully saturated rings. The van der Waals surface area contributed by atoms with Gasteiger partial charge in [0.1, 0.15) is 0 Å². The Bertz CT molecular complexity index is 510. The molecule has 2 aromatic rings. The second kappa shape index (κ2) is 4.52. The summed E-state index contributed by atoms with van der Waals surface area (Å²) in [5.41, 5.74) is 3.15. The van der Waals surface area contributed by atoms with Crippen molar-refractivity contribution < 1.29 is 4.79 Å². The van der Waals surface area contributed by atoms with Crippen molar-refractivity contribution in [3.05, 3.63) is 35.5 Å². The quantitative estimate of drug-likeness (QED) is 0.714. The lowest BCUT2D eigenvalue weighted by molar-refractivity contribution is 0.0968. The van der Waals surface area contributed by atoms with Crippen LogP contribution >= 0.6 is 0 Å². The molecule has 84 valence electrons. The van der Waals surface area contributed by atoms with E-state index in [1.54, 1.807) is 0 Å². The zero-order valence-electron chi connectivity index (χ0n) is 9.84. The summed E-state index contributed by atoms with van der Waals surface area (Å²) in [5, 5.41) is 1.22. The van der Waals surface area contributed by atoms with Gasteiger partial charge in [0.2, 0.25) is 0 Å². The molecule has 0 atom stereocenters. The number of carbonyl (C=O) groups excluding carboxylic acids is 1. The molecule has 1 heterocycles. The first-order valence-corrected chi connectivity index (χ1v) is 5.99. The Hall–Kier alpha value is -1.57. The van der Waals surface area contributed by atoms with Crippen LogP contribution in [0.25, 0.3) is 10.9 Å². The number of benzene rings is 1. The monoisotopic (exact) mass is 215 g/mol. The van der Waals surface area contributed by atoms with Gasteiger partial charge >= 0.3 is 0 Å². The number of Topliss-reactive ketones (excluding diaryl/α,β-unsaturated/α-hetero) is 1. The molecule has 0 spiro atoms. The Morgan fingerprint density at radius 3 is 2.69 bits per heavy atom. The zero-order valence-corrected chi connectivity index (χ0v) is 9.84. The minimum atomic E-state index is 0.266. The lowest BCUT2D eigenvalue weighted by Gasteiger charge is -2.09. The van der Waals surface area contributed by atoms with Gasteiger partial charge in [0, 0.05) is 17.3 Å². The normalized spacial score (nSPS) is 14.2. The maximum atomic E-state index is 11.6. The molecule has 1 aromatic heterocycles. The molecule has 1 aromatic carbocycles. The fourth-order valence-corrected chi connectivity index (χ4v) is 2.25. The largest absolute Gasteiger partial charge is 0.352 e. The number of aryl methyl sites for hydroxylation is 1. The number of rotatable bonds is 0. The van der Waals surface area contributed by atoms with Gasteiger partial charge in [-0.1, -0.05) is 32.0 Å². The van der Waals surface area contributed by atoms with E-state index in [0.717, 1.165) is 24.1 Å². The number of aromatic nitrogens is 1. The highest BCUT2D eigenvalue weighted by atomic mass is 16.1. The van der Waals surface area contributed by atoms with Gasteiger partial charge < -0.3 is 4.98 Å². The first kappa shape index (κ1) is 10.9. The van der Waals surface area contributed by atoms with Crippen LogP contribution in [0.4, 0.5) is 0 Å². The average Bonchev–Trinajstić information content (AvgIpc) is 2.72. The minimum absolute atomic E-state index is 0.266. The predicted molar refractivity (Wildman–Crippen MR) is 66.9 cm³/mol. The number of hydrogen-bond acceptors (Lipinski definition) is 1. The first-order valence-electron chi connectivity index (χ1n) is 5.99. The minimum Gasteiger partial charge on any atom is -0.352 e. The SMILES string of the molecule is CC.O=C1CCCc2c1[nH]c1ccccc21. The fourth-order valence-electron chi connectivity index (χ4n) is 2.25. The Kier molecular flexibility index (Phi) is 3.09. The summed E-state index contributed by atoms with van der Waals surface area (Å²) in [4.78, 5) is 14.8. The molecule has 1 N–H and O–H groups in total. The number of ketones is 1. The predicted octanol–water partition coefficient (Wildman–Crippen LogP) is 3.71. The van der Waals surface area contributed by atoms with Crippen LogP contribution in [-0.2, 0) is 6.42 Å². The maximum Gasteiger partial charge on any atom is 0.179 e. The molecule has 0 aliphatic heterocycles. The molecule has 1 aliphatic carbocycles. The van der Waals surface area contributed by atoms with Crippen LogP contribution in [0.1, 0.15) is 42.7 Å². The topological polar surface area (TPSA) is 32.9 Å². The lowest BCUT2D eigenvalue weighted by Crippen LogP contribution is -2.09. The zero-order chi connectivity index (χ0) is 11.5. The molecular weight excluding hydrogens is 198 g/mol. The van der Waals surface area contributed by atoms with Crippen molar-refractivity contribution in [3.8, 4) is 0 Å². The van der Waals surface area contributed by atoms with Crippen molar-refractivity contribution in [1.82, 2.24) is 4.98 Å². The van der Waals surface area contributed by atoms with E-state index in [0.29, 0.717) is 6.42 Å². The molecule has 0 saturated carbocycles. The summed E-state index contributed by atoms with van der Waals surface area (Å²) in [6, 6.07) is 8.13. The summed E-state index contributed by atoms with van der Waals surface area (Å²) >= 11 is 0. The lowest BCUT2D eigenvalue weighted by atomic mass is 9.95. The van der Waals surface area contributed by atoms with Crippen molar-refractivity contribution >= 4 is 16.7 Å². The van der Waals surface area contributed by atoms with E-state index in [4.69, 9.17) is 0 Å². The molecule has 2 heteroatoms. The maximum absolute atomic E-state index is 11.6. The Balaban J connectivity index is 0.000000457. The van der Waals surface area contributed by atoms with E-state index >= 15 is 0 Å². The molecule has 0 amide bonds. The van der Waals surface area contributed by atoms with Crippen molar-refractivity contribution in [2.75, 3.05) is 0 Å². The smallest absolute Gasteiger partial charge is 0.179 e. The van der Waals surface area contributed by atoms with E-state index in [2.05, 4.69) is 11.1 Å². The number of aromatic amines is 1. The van der Waals surface area contributed by atoms with Crippen molar-refractivity contribution in [2.24, 2.45) is 0 Å². The van der Waals surface area contributed by atoms with Gasteiger partial charge in [-0.25, -0.2) is 0 Å². The van der Waals surface area contributed by atoms with Crippen LogP contribution in [0.3, 0.4) is 0 Å². The van der Waals surface area contributed by atoms with Crippen LogP contribution in [0.2, 0.25) is 0 Å². The average molecular weight is 215 g/mol. The number of fused-ring (bicyclic) bond motifs is 3. The second-order valence-corrected chi connectivity index (χ2v) is 3.80. The number of carbonyl (C=O) groups is 1. The molecule has 0 bridgehead atoms. The van der Waals surface area contributed by atoms with Crippen LogP contribution in [0.15, 0.2) is 24.3 Å². The first-order chi connectivity index (χ1) is 7.86. The molecule has 2 nitrogen and oxygen atoms in total. The Morgan fingerprint density at radius 2 is 1.88 bits per heavy atom.